The number of para-hydroxylation sites is 1. The van der Waals surface area contributed by atoms with Crippen molar-refractivity contribution < 1.29 is 0 Å². The Morgan fingerprint density at radius 3 is 2.05 bits per heavy atom. The molecule has 1 aromatic heterocycles. The van der Waals surface area contributed by atoms with Gasteiger partial charge in [0.1, 0.15) is 5.82 Å². The van der Waals surface area contributed by atoms with E-state index in [1.54, 1.807) is 0 Å². The van der Waals surface area contributed by atoms with Crippen LogP contribution in [0.5, 0.6) is 0 Å². The Morgan fingerprint density at radius 1 is 0.821 bits per heavy atom. The number of anilines is 2. The van der Waals surface area contributed by atoms with Gasteiger partial charge in [-0.25, -0.2) is 4.98 Å². The van der Waals surface area contributed by atoms with Gasteiger partial charge >= 0.3 is 0 Å². The maximum atomic E-state index is 4.85. The van der Waals surface area contributed by atoms with Gasteiger partial charge < -0.3 is 15.5 Å². The molecule has 0 spiro atoms. The Balaban J connectivity index is 1.20. The van der Waals surface area contributed by atoms with E-state index in [4.69, 9.17) is 9.97 Å². The summed E-state index contributed by atoms with van der Waals surface area (Å²) in [6, 6.07) is 30.7. The second kappa shape index (κ2) is 12.8. The van der Waals surface area contributed by atoms with Gasteiger partial charge in [-0.2, -0.15) is 4.98 Å². The highest BCUT2D eigenvalue weighted by atomic mass is 32.2. The second-order valence-electron chi connectivity index (χ2n) is 10.8. The first-order valence-corrected chi connectivity index (χ1v) is 15.2. The average Bonchev–Trinajstić information content (AvgIpc) is 2.98. The SMILES string of the molecule is CCSC(CNCC1CCC(Nc2nc(N(C)C)c3ccccc3n2)CC1)(c1ccccc1)c1ccccc1. The van der Waals surface area contributed by atoms with Crippen molar-refractivity contribution in [2.24, 2.45) is 5.92 Å². The molecule has 1 aliphatic carbocycles. The van der Waals surface area contributed by atoms with Crippen LogP contribution in [0.3, 0.4) is 0 Å². The molecule has 0 saturated heterocycles. The summed E-state index contributed by atoms with van der Waals surface area (Å²) in [5.41, 5.74) is 3.73. The van der Waals surface area contributed by atoms with Gasteiger partial charge in [-0.15, -0.1) is 11.8 Å². The predicted octanol–water partition coefficient (Wildman–Crippen LogP) is 6.95. The Hall–Kier alpha value is -3.09. The highest BCUT2D eigenvalue weighted by Crippen LogP contribution is 2.42. The van der Waals surface area contributed by atoms with Crippen molar-refractivity contribution in [3.8, 4) is 0 Å². The van der Waals surface area contributed by atoms with E-state index in [1.807, 2.05) is 38.0 Å². The van der Waals surface area contributed by atoms with Crippen molar-refractivity contribution in [3.05, 3.63) is 96.1 Å². The van der Waals surface area contributed by atoms with Crippen molar-refractivity contribution in [1.29, 1.82) is 0 Å². The highest BCUT2D eigenvalue weighted by molar-refractivity contribution is 8.00. The molecule has 1 heterocycles. The number of hydrogen-bond donors (Lipinski definition) is 2. The molecule has 0 aliphatic heterocycles. The number of fused-ring (bicyclic) bond motifs is 1. The molecule has 3 aromatic carbocycles. The summed E-state index contributed by atoms with van der Waals surface area (Å²) in [6.45, 7) is 4.24. The zero-order valence-electron chi connectivity index (χ0n) is 23.4. The smallest absolute Gasteiger partial charge is 0.225 e. The summed E-state index contributed by atoms with van der Waals surface area (Å²) >= 11 is 2.03. The van der Waals surface area contributed by atoms with Crippen molar-refractivity contribution in [1.82, 2.24) is 15.3 Å². The molecule has 0 radical (unpaired) electrons. The first-order chi connectivity index (χ1) is 19.1. The minimum absolute atomic E-state index is 0.0897. The molecular weight excluding hydrogens is 498 g/mol. The van der Waals surface area contributed by atoms with Gasteiger partial charge in [-0.1, -0.05) is 79.7 Å². The summed E-state index contributed by atoms with van der Waals surface area (Å²) in [4.78, 5) is 11.7. The molecule has 6 heteroatoms. The molecule has 2 N–H and O–H groups in total. The van der Waals surface area contributed by atoms with E-state index >= 15 is 0 Å². The Morgan fingerprint density at radius 2 is 1.44 bits per heavy atom. The fourth-order valence-corrected chi connectivity index (χ4v) is 7.16. The Bertz CT molecular complexity index is 1280. The van der Waals surface area contributed by atoms with Gasteiger partial charge in [0.25, 0.3) is 0 Å². The minimum Gasteiger partial charge on any atom is -0.362 e. The van der Waals surface area contributed by atoms with Gasteiger partial charge in [-0.05, 0) is 67.2 Å². The van der Waals surface area contributed by atoms with Gasteiger partial charge in [0.15, 0.2) is 0 Å². The molecule has 204 valence electrons. The maximum Gasteiger partial charge on any atom is 0.225 e. The molecule has 5 nitrogen and oxygen atoms in total. The maximum absolute atomic E-state index is 4.85. The van der Waals surface area contributed by atoms with Crippen molar-refractivity contribution >= 4 is 34.4 Å². The van der Waals surface area contributed by atoms with E-state index in [0.29, 0.717) is 12.0 Å². The highest BCUT2D eigenvalue weighted by Gasteiger charge is 2.34. The Labute approximate surface area is 237 Å². The lowest BCUT2D eigenvalue weighted by Crippen LogP contribution is -2.40. The third-order valence-corrected chi connectivity index (χ3v) is 9.26. The van der Waals surface area contributed by atoms with Crippen molar-refractivity contribution in [3.63, 3.8) is 0 Å². The van der Waals surface area contributed by atoms with Crippen LogP contribution in [-0.4, -0.2) is 48.9 Å². The fraction of sp³-hybridized carbons (Fsp3) is 0.394. The van der Waals surface area contributed by atoms with Crippen LogP contribution in [0.15, 0.2) is 84.9 Å². The standard InChI is InChI=1S/C33H41N5S/c1-4-39-33(26-13-7-5-8-14-26,27-15-9-6-10-16-27)24-34-23-25-19-21-28(22-20-25)35-32-36-30-18-12-11-17-29(30)31(37-32)38(2)3/h5-18,25,28,34H,4,19-24H2,1-3H3,(H,35,36,37). The lowest BCUT2D eigenvalue weighted by atomic mass is 9.85. The van der Waals surface area contributed by atoms with Gasteiger partial charge in [0, 0.05) is 32.1 Å². The van der Waals surface area contributed by atoms with E-state index in [-0.39, 0.29) is 4.75 Å². The number of nitrogens with one attached hydrogen (secondary N) is 2. The molecule has 1 saturated carbocycles. The third kappa shape index (κ3) is 6.39. The van der Waals surface area contributed by atoms with Crippen LogP contribution < -0.4 is 15.5 Å². The molecule has 1 fully saturated rings. The minimum atomic E-state index is -0.0897. The van der Waals surface area contributed by atoms with E-state index in [1.165, 1.54) is 24.0 Å². The van der Waals surface area contributed by atoms with E-state index in [9.17, 15) is 0 Å². The summed E-state index contributed by atoms with van der Waals surface area (Å²) in [6.07, 6.45) is 4.71. The van der Waals surface area contributed by atoms with Gasteiger partial charge in [0.2, 0.25) is 5.95 Å². The lowest BCUT2D eigenvalue weighted by Gasteiger charge is -2.36. The van der Waals surface area contributed by atoms with Crippen LogP contribution in [0, 0.1) is 5.92 Å². The van der Waals surface area contributed by atoms with Gasteiger partial charge in [-0.3, -0.25) is 0 Å². The lowest BCUT2D eigenvalue weighted by molar-refractivity contribution is 0.322. The first-order valence-electron chi connectivity index (χ1n) is 14.3. The fourth-order valence-electron chi connectivity index (χ4n) is 5.86. The molecule has 4 aromatic rings. The summed E-state index contributed by atoms with van der Waals surface area (Å²) < 4.78 is -0.0897. The summed E-state index contributed by atoms with van der Waals surface area (Å²) in [7, 11) is 4.08. The van der Waals surface area contributed by atoms with Crippen LogP contribution in [0.1, 0.15) is 43.7 Å². The molecule has 0 unspecified atom stereocenters. The number of thioether (sulfide) groups is 1. The number of nitrogens with zero attached hydrogens (tertiary/aromatic N) is 3. The van der Waals surface area contributed by atoms with Crippen LogP contribution in [0.25, 0.3) is 10.9 Å². The summed E-state index contributed by atoms with van der Waals surface area (Å²) in [5.74, 6) is 3.46. The van der Waals surface area contributed by atoms with E-state index < -0.39 is 0 Å². The molecule has 0 atom stereocenters. The van der Waals surface area contributed by atoms with E-state index in [2.05, 4.69) is 95.3 Å². The van der Waals surface area contributed by atoms with Gasteiger partial charge in [0.05, 0.1) is 10.3 Å². The summed E-state index contributed by atoms with van der Waals surface area (Å²) in [5, 5.41) is 8.66. The predicted molar refractivity (Wildman–Crippen MR) is 168 cm³/mol. The second-order valence-corrected chi connectivity index (χ2v) is 12.3. The molecule has 5 rings (SSSR count). The quantitative estimate of drug-likeness (QED) is 0.215. The molecule has 39 heavy (non-hydrogen) atoms. The van der Waals surface area contributed by atoms with Crippen molar-refractivity contribution in [2.75, 3.05) is 43.2 Å². The van der Waals surface area contributed by atoms with Crippen LogP contribution in [-0.2, 0) is 4.75 Å². The monoisotopic (exact) mass is 539 g/mol. The third-order valence-electron chi connectivity index (χ3n) is 7.86. The average molecular weight is 540 g/mol. The topological polar surface area (TPSA) is 53.1 Å². The molecular formula is C33H41N5S. The largest absolute Gasteiger partial charge is 0.362 e. The van der Waals surface area contributed by atoms with Crippen LogP contribution in [0.2, 0.25) is 0 Å². The first kappa shape index (κ1) is 27.5. The van der Waals surface area contributed by atoms with Crippen LogP contribution >= 0.6 is 11.8 Å². The Kier molecular flexibility index (Phi) is 9.05. The number of aromatic nitrogens is 2. The normalized spacial score (nSPS) is 17.7. The molecule has 1 aliphatic rings. The van der Waals surface area contributed by atoms with Crippen molar-refractivity contribution in [2.45, 2.75) is 43.4 Å². The van der Waals surface area contributed by atoms with Crippen LogP contribution in [0.4, 0.5) is 11.8 Å². The number of hydrogen-bond acceptors (Lipinski definition) is 6. The number of rotatable bonds is 11. The number of benzene rings is 3. The molecule has 0 bridgehead atoms. The molecule has 0 amide bonds. The zero-order chi connectivity index (χ0) is 27.1. The van der Waals surface area contributed by atoms with E-state index in [0.717, 1.165) is 54.4 Å². The zero-order valence-corrected chi connectivity index (χ0v) is 24.3.